The minimum absolute atomic E-state index is 0.0129. The highest BCUT2D eigenvalue weighted by atomic mass is 35.5. The van der Waals surface area contributed by atoms with Gasteiger partial charge < -0.3 is 15.4 Å². The van der Waals surface area contributed by atoms with Crippen molar-refractivity contribution >= 4 is 35.2 Å². The molecule has 0 aliphatic carbocycles. The maximum atomic E-state index is 12.7. The van der Waals surface area contributed by atoms with Crippen LogP contribution >= 0.6 is 11.6 Å². The van der Waals surface area contributed by atoms with Crippen molar-refractivity contribution in [1.29, 1.82) is 0 Å². The summed E-state index contributed by atoms with van der Waals surface area (Å²) in [6.07, 6.45) is 2.08. The first-order valence-corrected chi connectivity index (χ1v) is 10.2. The van der Waals surface area contributed by atoms with E-state index in [0.717, 1.165) is 11.1 Å². The van der Waals surface area contributed by atoms with Gasteiger partial charge in [0.15, 0.2) is 0 Å². The average molecular weight is 433 g/mol. The summed E-state index contributed by atoms with van der Waals surface area (Å²) in [4.78, 5) is 25.9. The SMILES string of the molecule is C=Cc1ccccc1Oc1cc([C@H]2CC(=O)N(c3cccc(C(N)=O)c3)C2)ccc1Cl. The fraction of sp³-hybridized carbons (Fsp3) is 0.120. The summed E-state index contributed by atoms with van der Waals surface area (Å²) >= 11 is 6.38. The molecule has 1 fully saturated rings. The van der Waals surface area contributed by atoms with Crippen LogP contribution in [0.2, 0.25) is 5.02 Å². The molecule has 2 amide bonds. The molecular formula is C25H21ClN2O3. The maximum absolute atomic E-state index is 12.7. The van der Waals surface area contributed by atoms with Crippen LogP contribution in [-0.4, -0.2) is 18.4 Å². The van der Waals surface area contributed by atoms with Gasteiger partial charge in [0, 0.05) is 35.7 Å². The number of anilines is 1. The molecule has 3 aromatic carbocycles. The molecule has 6 heteroatoms. The minimum atomic E-state index is -0.524. The quantitative estimate of drug-likeness (QED) is 0.567. The van der Waals surface area contributed by atoms with Crippen LogP contribution in [-0.2, 0) is 4.79 Å². The lowest BCUT2D eigenvalue weighted by atomic mass is 9.98. The summed E-state index contributed by atoms with van der Waals surface area (Å²) in [5.74, 6) is 0.614. The number of benzene rings is 3. The van der Waals surface area contributed by atoms with Gasteiger partial charge in [-0.05, 0) is 42.0 Å². The van der Waals surface area contributed by atoms with Crippen LogP contribution in [0.5, 0.6) is 11.5 Å². The molecule has 1 aliphatic heterocycles. The van der Waals surface area contributed by atoms with Crippen molar-refractivity contribution in [1.82, 2.24) is 0 Å². The lowest BCUT2D eigenvalue weighted by Crippen LogP contribution is -2.24. The first-order chi connectivity index (χ1) is 15.0. The second kappa shape index (κ2) is 8.66. The molecule has 1 atom stereocenters. The number of hydrogen-bond acceptors (Lipinski definition) is 3. The van der Waals surface area contributed by atoms with Gasteiger partial charge >= 0.3 is 0 Å². The molecule has 156 valence electrons. The van der Waals surface area contributed by atoms with Gasteiger partial charge in [-0.1, -0.05) is 54.6 Å². The molecule has 4 rings (SSSR count). The lowest BCUT2D eigenvalue weighted by Gasteiger charge is -2.18. The number of carbonyl (C=O) groups is 2. The minimum Gasteiger partial charge on any atom is -0.455 e. The van der Waals surface area contributed by atoms with E-state index in [2.05, 4.69) is 6.58 Å². The molecular weight excluding hydrogens is 412 g/mol. The third-order valence-electron chi connectivity index (χ3n) is 5.35. The van der Waals surface area contributed by atoms with Crippen molar-refractivity contribution in [3.63, 3.8) is 0 Å². The van der Waals surface area contributed by atoms with Crippen molar-refractivity contribution in [3.8, 4) is 11.5 Å². The number of primary amides is 1. The van der Waals surface area contributed by atoms with Crippen molar-refractivity contribution in [2.45, 2.75) is 12.3 Å². The van der Waals surface area contributed by atoms with E-state index in [0.29, 0.717) is 40.7 Å². The first-order valence-electron chi connectivity index (χ1n) is 9.85. The van der Waals surface area contributed by atoms with Crippen LogP contribution in [0.15, 0.2) is 73.3 Å². The average Bonchev–Trinajstić information content (AvgIpc) is 3.17. The van der Waals surface area contributed by atoms with Gasteiger partial charge in [0.05, 0.1) is 5.02 Å². The van der Waals surface area contributed by atoms with Gasteiger partial charge in [0.1, 0.15) is 11.5 Å². The number of nitrogens with two attached hydrogens (primary N) is 1. The number of hydrogen-bond donors (Lipinski definition) is 1. The van der Waals surface area contributed by atoms with E-state index >= 15 is 0 Å². The summed E-state index contributed by atoms with van der Waals surface area (Å²) < 4.78 is 6.06. The Hall–Kier alpha value is -3.57. The Morgan fingerprint density at radius 1 is 1.10 bits per heavy atom. The highest BCUT2D eigenvalue weighted by Gasteiger charge is 2.32. The third kappa shape index (κ3) is 4.32. The van der Waals surface area contributed by atoms with Crippen LogP contribution in [0.4, 0.5) is 5.69 Å². The third-order valence-corrected chi connectivity index (χ3v) is 5.67. The molecule has 2 N–H and O–H groups in total. The molecule has 0 aromatic heterocycles. The van der Waals surface area contributed by atoms with E-state index in [1.165, 1.54) is 0 Å². The molecule has 1 aliphatic rings. The number of ether oxygens (including phenoxy) is 1. The lowest BCUT2D eigenvalue weighted by molar-refractivity contribution is -0.117. The van der Waals surface area contributed by atoms with Gasteiger partial charge in [0.2, 0.25) is 11.8 Å². The smallest absolute Gasteiger partial charge is 0.248 e. The Kier molecular flexibility index (Phi) is 5.78. The van der Waals surface area contributed by atoms with Crippen molar-refractivity contribution in [2.75, 3.05) is 11.4 Å². The molecule has 5 nitrogen and oxygen atoms in total. The number of nitrogens with zero attached hydrogens (tertiary/aromatic N) is 1. The fourth-order valence-electron chi connectivity index (χ4n) is 3.72. The van der Waals surface area contributed by atoms with Crippen molar-refractivity contribution < 1.29 is 14.3 Å². The topological polar surface area (TPSA) is 72.6 Å². The van der Waals surface area contributed by atoms with Crippen LogP contribution < -0.4 is 15.4 Å². The van der Waals surface area contributed by atoms with Gasteiger partial charge in [-0.2, -0.15) is 0 Å². The summed E-state index contributed by atoms with van der Waals surface area (Å²) in [5, 5.41) is 0.484. The number of amides is 2. The predicted molar refractivity (Wildman–Crippen MR) is 123 cm³/mol. The zero-order valence-corrected chi connectivity index (χ0v) is 17.5. The monoisotopic (exact) mass is 432 g/mol. The zero-order valence-electron chi connectivity index (χ0n) is 16.8. The highest BCUT2D eigenvalue weighted by Crippen LogP contribution is 2.38. The molecule has 31 heavy (non-hydrogen) atoms. The molecule has 0 unspecified atom stereocenters. The normalized spacial score (nSPS) is 15.7. The molecule has 0 spiro atoms. The maximum Gasteiger partial charge on any atom is 0.248 e. The standard InChI is InChI=1S/C25H21ClN2O3/c1-2-16-6-3-4-9-22(16)31-23-13-17(10-11-21(23)26)19-14-24(29)28(15-19)20-8-5-7-18(12-20)25(27)30/h2-13,19H,1,14-15H2,(H2,27,30)/t19-/m0/s1. The second-order valence-electron chi connectivity index (χ2n) is 7.35. The van der Waals surface area contributed by atoms with Gasteiger partial charge in [-0.3, -0.25) is 9.59 Å². The summed E-state index contributed by atoms with van der Waals surface area (Å²) in [7, 11) is 0. The van der Waals surface area contributed by atoms with Crippen LogP contribution in [0.3, 0.4) is 0 Å². The predicted octanol–water partition coefficient (Wildman–Crippen LogP) is 5.39. The van der Waals surface area contributed by atoms with Crippen molar-refractivity contribution in [2.24, 2.45) is 5.73 Å². The van der Waals surface area contributed by atoms with Crippen LogP contribution in [0.25, 0.3) is 6.08 Å². The van der Waals surface area contributed by atoms with E-state index in [1.807, 2.05) is 36.4 Å². The van der Waals surface area contributed by atoms with E-state index in [-0.39, 0.29) is 11.8 Å². The Morgan fingerprint density at radius 3 is 2.68 bits per heavy atom. The molecule has 0 saturated carbocycles. The Balaban J connectivity index is 1.59. The first kappa shape index (κ1) is 20.7. The van der Waals surface area contributed by atoms with Crippen LogP contribution in [0, 0.1) is 0 Å². The summed E-state index contributed by atoms with van der Waals surface area (Å²) in [5.41, 5.74) is 8.22. The largest absolute Gasteiger partial charge is 0.455 e. The molecule has 1 saturated heterocycles. The Labute approximate surface area is 185 Å². The molecule has 1 heterocycles. The van der Waals surface area contributed by atoms with E-state index in [4.69, 9.17) is 22.1 Å². The Bertz CT molecular complexity index is 1170. The summed E-state index contributed by atoms with van der Waals surface area (Å²) in [6.45, 7) is 4.31. The molecule has 0 radical (unpaired) electrons. The van der Waals surface area contributed by atoms with Crippen molar-refractivity contribution in [3.05, 3.63) is 95.0 Å². The summed E-state index contributed by atoms with van der Waals surface area (Å²) in [6, 6.07) is 19.9. The van der Waals surface area contributed by atoms with Crippen LogP contribution in [0.1, 0.15) is 33.8 Å². The molecule has 0 bridgehead atoms. The number of halogens is 1. The Morgan fingerprint density at radius 2 is 1.90 bits per heavy atom. The number of rotatable bonds is 6. The fourth-order valence-corrected chi connectivity index (χ4v) is 3.88. The van der Waals surface area contributed by atoms with E-state index in [1.54, 1.807) is 41.3 Å². The number of para-hydroxylation sites is 1. The van der Waals surface area contributed by atoms with Gasteiger partial charge in [-0.25, -0.2) is 0 Å². The van der Waals surface area contributed by atoms with E-state index < -0.39 is 5.91 Å². The van der Waals surface area contributed by atoms with E-state index in [9.17, 15) is 9.59 Å². The second-order valence-corrected chi connectivity index (χ2v) is 7.76. The van der Waals surface area contributed by atoms with Gasteiger partial charge in [-0.15, -0.1) is 0 Å². The molecule has 3 aromatic rings. The highest BCUT2D eigenvalue weighted by molar-refractivity contribution is 6.32. The number of carbonyl (C=O) groups excluding carboxylic acids is 2. The van der Waals surface area contributed by atoms with Gasteiger partial charge in [0.25, 0.3) is 0 Å². The zero-order chi connectivity index (χ0) is 22.0.